The molecule has 4 N–H and O–H groups in total. The number of halogens is 1. The molecule has 0 aromatic heterocycles. The molecule has 34 heavy (non-hydrogen) atoms. The summed E-state index contributed by atoms with van der Waals surface area (Å²) in [5.41, 5.74) is 7.97. The fraction of sp³-hybridized carbons (Fsp3) is 0.444. The summed E-state index contributed by atoms with van der Waals surface area (Å²) >= 11 is 5.87. The highest BCUT2D eigenvalue weighted by Gasteiger charge is 2.51. The van der Waals surface area contributed by atoms with Gasteiger partial charge in [0.1, 0.15) is 6.04 Å². The van der Waals surface area contributed by atoms with E-state index in [1.807, 2.05) is 12.1 Å². The molecule has 2 aromatic rings. The molecule has 6 nitrogen and oxygen atoms in total. The first-order valence-electron chi connectivity index (χ1n) is 12.1. The molecular formula is C27H30ClN3O3. The third-order valence-corrected chi connectivity index (χ3v) is 8.19. The lowest BCUT2D eigenvalue weighted by molar-refractivity contribution is -0.123. The number of hydrogen-bond acceptors (Lipinski definition) is 3. The third kappa shape index (κ3) is 4.69. The molecule has 4 aliphatic rings. The minimum absolute atomic E-state index is 0.290. The standard InChI is InChI=1S/C27H30ClN3O3/c28-21-5-1-19(2-6-21)25(33)31-23(12-24(29)32)26(34)30-22-7-3-20(4-8-22)27-13-16-9-17(14-27)11-18(10-16)15-27/h1-8,16-18,23H,9-15H2,(H2,29,32)(H,30,34)(H,31,33). The molecule has 0 spiro atoms. The van der Waals surface area contributed by atoms with Crippen molar-refractivity contribution in [1.29, 1.82) is 0 Å². The Morgan fingerprint density at radius 3 is 2.00 bits per heavy atom. The number of anilines is 1. The summed E-state index contributed by atoms with van der Waals surface area (Å²) in [5, 5.41) is 5.94. The molecule has 4 bridgehead atoms. The fourth-order valence-corrected chi connectivity index (χ4v) is 6.98. The van der Waals surface area contributed by atoms with Crippen molar-refractivity contribution in [3.63, 3.8) is 0 Å². The van der Waals surface area contributed by atoms with E-state index in [1.165, 1.54) is 44.1 Å². The van der Waals surface area contributed by atoms with E-state index in [2.05, 4.69) is 22.8 Å². The van der Waals surface area contributed by atoms with Crippen LogP contribution >= 0.6 is 11.6 Å². The van der Waals surface area contributed by atoms with Gasteiger partial charge in [-0.15, -0.1) is 0 Å². The predicted molar refractivity (Wildman–Crippen MR) is 131 cm³/mol. The lowest BCUT2D eigenvalue weighted by Gasteiger charge is -2.57. The lowest BCUT2D eigenvalue weighted by atomic mass is 9.48. The molecule has 1 unspecified atom stereocenters. The summed E-state index contributed by atoms with van der Waals surface area (Å²) in [5.74, 6) is 0.964. The van der Waals surface area contributed by atoms with Crippen LogP contribution in [-0.4, -0.2) is 23.8 Å². The Labute approximate surface area is 204 Å². The quantitative estimate of drug-likeness (QED) is 0.547. The van der Waals surface area contributed by atoms with E-state index in [9.17, 15) is 14.4 Å². The number of carbonyl (C=O) groups is 3. The third-order valence-electron chi connectivity index (χ3n) is 7.94. The number of carbonyl (C=O) groups excluding carboxylic acids is 3. The van der Waals surface area contributed by atoms with Crippen LogP contribution in [0.5, 0.6) is 0 Å². The normalized spacial score (nSPS) is 27.7. The largest absolute Gasteiger partial charge is 0.370 e. The molecular weight excluding hydrogens is 450 g/mol. The molecule has 0 saturated heterocycles. The monoisotopic (exact) mass is 479 g/mol. The average Bonchev–Trinajstić information content (AvgIpc) is 2.78. The minimum Gasteiger partial charge on any atom is -0.370 e. The average molecular weight is 480 g/mol. The van der Waals surface area contributed by atoms with Crippen LogP contribution in [0.1, 0.15) is 60.9 Å². The smallest absolute Gasteiger partial charge is 0.251 e. The van der Waals surface area contributed by atoms with Gasteiger partial charge in [0.25, 0.3) is 5.91 Å². The Balaban J connectivity index is 1.26. The van der Waals surface area contributed by atoms with Gasteiger partial charge in [0.05, 0.1) is 6.42 Å². The summed E-state index contributed by atoms with van der Waals surface area (Å²) in [6, 6.07) is 13.3. The molecule has 3 amide bonds. The maximum atomic E-state index is 12.9. The first-order valence-corrected chi connectivity index (χ1v) is 12.4. The van der Waals surface area contributed by atoms with Gasteiger partial charge >= 0.3 is 0 Å². The Morgan fingerprint density at radius 1 is 0.912 bits per heavy atom. The molecule has 4 saturated carbocycles. The fourth-order valence-electron chi connectivity index (χ4n) is 6.85. The first kappa shape index (κ1) is 22.9. The van der Waals surface area contributed by atoms with Crippen molar-refractivity contribution < 1.29 is 14.4 Å². The van der Waals surface area contributed by atoms with Crippen LogP contribution in [0.3, 0.4) is 0 Å². The van der Waals surface area contributed by atoms with E-state index in [0.717, 1.165) is 17.8 Å². The highest BCUT2D eigenvalue weighted by atomic mass is 35.5. The van der Waals surface area contributed by atoms with Gasteiger partial charge in [-0.2, -0.15) is 0 Å². The number of primary amides is 1. The van der Waals surface area contributed by atoms with Gasteiger partial charge in [-0.25, -0.2) is 0 Å². The van der Waals surface area contributed by atoms with E-state index in [-0.39, 0.29) is 6.42 Å². The van der Waals surface area contributed by atoms with Gasteiger partial charge in [0.15, 0.2) is 0 Å². The van der Waals surface area contributed by atoms with E-state index < -0.39 is 23.8 Å². The minimum atomic E-state index is -1.08. The molecule has 4 aliphatic carbocycles. The van der Waals surface area contributed by atoms with E-state index >= 15 is 0 Å². The van der Waals surface area contributed by atoms with Crippen molar-refractivity contribution in [3.05, 3.63) is 64.7 Å². The highest BCUT2D eigenvalue weighted by Crippen LogP contribution is 2.60. The molecule has 7 heteroatoms. The molecule has 4 fully saturated rings. The van der Waals surface area contributed by atoms with Crippen LogP contribution in [0.2, 0.25) is 5.02 Å². The number of rotatable bonds is 7. The summed E-state index contributed by atoms with van der Waals surface area (Å²) in [7, 11) is 0. The lowest BCUT2D eigenvalue weighted by Crippen LogP contribution is -2.48. The summed E-state index contributed by atoms with van der Waals surface area (Å²) in [6.07, 6.45) is 7.74. The number of hydrogen-bond donors (Lipinski definition) is 3. The molecule has 178 valence electrons. The Hall–Kier alpha value is -2.86. The molecule has 6 rings (SSSR count). The molecule has 0 heterocycles. The second-order valence-corrected chi connectivity index (χ2v) is 10.9. The first-order chi connectivity index (χ1) is 16.3. The van der Waals surface area contributed by atoms with E-state index in [0.29, 0.717) is 21.7 Å². The topological polar surface area (TPSA) is 101 Å². The number of nitrogens with two attached hydrogens (primary N) is 1. The van der Waals surface area contributed by atoms with Gasteiger partial charge in [-0.05, 0) is 104 Å². The summed E-state index contributed by atoms with van der Waals surface area (Å²) in [4.78, 5) is 37.0. The van der Waals surface area contributed by atoms with Crippen LogP contribution < -0.4 is 16.4 Å². The summed E-state index contributed by atoms with van der Waals surface area (Å²) < 4.78 is 0. The maximum Gasteiger partial charge on any atom is 0.251 e. The SMILES string of the molecule is NC(=O)CC(NC(=O)c1ccc(Cl)cc1)C(=O)Nc1ccc(C23CC4CC(CC(C4)C2)C3)cc1. The van der Waals surface area contributed by atoms with Crippen molar-refractivity contribution in [2.24, 2.45) is 23.5 Å². The van der Waals surface area contributed by atoms with Crippen LogP contribution in [0.15, 0.2) is 48.5 Å². The van der Waals surface area contributed by atoms with Crippen molar-refractivity contribution in [2.45, 2.75) is 56.4 Å². The zero-order chi connectivity index (χ0) is 23.9. The Kier molecular flexibility index (Phi) is 6.11. The van der Waals surface area contributed by atoms with Gasteiger partial charge in [-0.3, -0.25) is 14.4 Å². The molecule has 0 radical (unpaired) electrons. The number of nitrogens with one attached hydrogen (secondary N) is 2. The van der Waals surface area contributed by atoms with Crippen LogP contribution in [0, 0.1) is 17.8 Å². The molecule has 0 aliphatic heterocycles. The predicted octanol–water partition coefficient (Wildman–Crippen LogP) is 4.42. The summed E-state index contributed by atoms with van der Waals surface area (Å²) in [6.45, 7) is 0. The maximum absolute atomic E-state index is 12.9. The van der Waals surface area contributed by atoms with Crippen molar-refractivity contribution >= 4 is 35.0 Å². The highest BCUT2D eigenvalue weighted by molar-refractivity contribution is 6.30. The van der Waals surface area contributed by atoms with E-state index in [1.54, 1.807) is 24.3 Å². The Bertz CT molecular complexity index is 1060. The molecule has 2 aromatic carbocycles. The molecule has 1 atom stereocenters. The second-order valence-electron chi connectivity index (χ2n) is 10.5. The second kappa shape index (κ2) is 9.06. The zero-order valence-corrected chi connectivity index (χ0v) is 19.8. The Morgan fingerprint density at radius 2 is 1.47 bits per heavy atom. The number of benzene rings is 2. The van der Waals surface area contributed by atoms with Gasteiger partial charge in [0, 0.05) is 16.3 Å². The van der Waals surface area contributed by atoms with Crippen molar-refractivity contribution in [2.75, 3.05) is 5.32 Å². The van der Waals surface area contributed by atoms with Gasteiger partial charge < -0.3 is 16.4 Å². The van der Waals surface area contributed by atoms with Gasteiger partial charge in [0.2, 0.25) is 11.8 Å². The van der Waals surface area contributed by atoms with Crippen LogP contribution in [-0.2, 0) is 15.0 Å². The van der Waals surface area contributed by atoms with E-state index in [4.69, 9.17) is 17.3 Å². The van der Waals surface area contributed by atoms with Gasteiger partial charge in [-0.1, -0.05) is 23.7 Å². The zero-order valence-electron chi connectivity index (χ0n) is 19.1. The van der Waals surface area contributed by atoms with Crippen molar-refractivity contribution in [3.8, 4) is 0 Å². The van der Waals surface area contributed by atoms with Crippen LogP contribution in [0.4, 0.5) is 5.69 Å². The number of amides is 3. The van der Waals surface area contributed by atoms with Crippen molar-refractivity contribution in [1.82, 2.24) is 5.32 Å². The van der Waals surface area contributed by atoms with Crippen LogP contribution in [0.25, 0.3) is 0 Å².